The van der Waals surface area contributed by atoms with Crippen LogP contribution in [0.3, 0.4) is 0 Å². The number of aromatic nitrogens is 2. The van der Waals surface area contributed by atoms with Crippen molar-refractivity contribution in [2.45, 2.75) is 0 Å². The maximum atomic E-state index is 10.3. The number of aromatic amines is 1. The molecule has 0 aromatic carbocycles. The second-order valence-electron chi connectivity index (χ2n) is 1.95. The van der Waals surface area contributed by atoms with Crippen molar-refractivity contribution in [2.75, 3.05) is 11.5 Å². The quantitative estimate of drug-likeness (QED) is 0.328. The first kappa shape index (κ1) is 8.40. The van der Waals surface area contributed by atoms with Gasteiger partial charge in [0.25, 0.3) is 0 Å². The molecule has 7 nitrogen and oxygen atoms in total. The molecule has 0 saturated heterocycles. The van der Waals surface area contributed by atoms with E-state index in [-0.39, 0.29) is 16.4 Å². The Bertz CT molecular complexity index is 359. The van der Waals surface area contributed by atoms with E-state index in [1.165, 1.54) is 0 Å². The van der Waals surface area contributed by atoms with Gasteiger partial charge in [0.1, 0.15) is 0 Å². The average molecular weight is 187 g/mol. The summed E-state index contributed by atoms with van der Waals surface area (Å²) in [4.78, 5) is 15.4. The molecule has 0 saturated carbocycles. The van der Waals surface area contributed by atoms with E-state index in [1.807, 2.05) is 0 Å². The molecule has 5 N–H and O–H groups in total. The highest BCUT2D eigenvalue weighted by Crippen LogP contribution is 2.23. The monoisotopic (exact) mass is 187 g/mol. The van der Waals surface area contributed by atoms with Crippen LogP contribution in [0.4, 0.5) is 17.3 Å². The number of nitrogens with two attached hydrogens (primary N) is 2. The fourth-order valence-electron chi connectivity index (χ4n) is 0.695. The summed E-state index contributed by atoms with van der Waals surface area (Å²) < 4.78 is 0.0237. The van der Waals surface area contributed by atoms with Crippen molar-refractivity contribution in [3.63, 3.8) is 0 Å². The zero-order valence-corrected chi connectivity index (χ0v) is 6.59. The Balaban J connectivity index is 3.48. The molecule has 0 bridgehead atoms. The Hall–Kier alpha value is -1.70. The molecule has 64 valence electrons. The Kier molecular flexibility index (Phi) is 1.92. The van der Waals surface area contributed by atoms with Gasteiger partial charge in [-0.05, 0) is 12.2 Å². The van der Waals surface area contributed by atoms with E-state index in [0.29, 0.717) is 0 Å². The lowest BCUT2D eigenvalue weighted by Crippen LogP contribution is -2.05. The summed E-state index contributed by atoms with van der Waals surface area (Å²) in [6.45, 7) is 0. The zero-order chi connectivity index (χ0) is 9.30. The summed E-state index contributed by atoms with van der Waals surface area (Å²) in [5.41, 5.74) is 10.0. The van der Waals surface area contributed by atoms with Gasteiger partial charge in [0.05, 0.1) is 4.92 Å². The highest BCUT2D eigenvalue weighted by molar-refractivity contribution is 7.71. The van der Waals surface area contributed by atoms with Crippen molar-refractivity contribution in [3.8, 4) is 0 Å². The molecular weight excluding hydrogens is 182 g/mol. The third-order valence-corrected chi connectivity index (χ3v) is 1.34. The minimum atomic E-state index is -0.719. The second kappa shape index (κ2) is 2.74. The van der Waals surface area contributed by atoms with Gasteiger partial charge >= 0.3 is 5.69 Å². The van der Waals surface area contributed by atoms with E-state index in [4.69, 9.17) is 11.5 Å². The Morgan fingerprint density at radius 2 is 2.17 bits per heavy atom. The fraction of sp³-hybridized carbons (Fsp3) is 0. The van der Waals surface area contributed by atoms with Gasteiger partial charge in [-0.15, -0.1) is 0 Å². The zero-order valence-electron chi connectivity index (χ0n) is 5.77. The number of hydrogen-bond acceptors (Lipinski definition) is 6. The van der Waals surface area contributed by atoms with E-state index in [1.54, 1.807) is 0 Å². The predicted octanol–water partition coefficient (Wildman–Crippen LogP) is 0.212. The van der Waals surface area contributed by atoms with Crippen LogP contribution in [0.2, 0.25) is 0 Å². The van der Waals surface area contributed by atoms with Crippen molar-refractivity contribution in [1.82, 2.24) is 9.97 Å². The first-order valence-electron chi connectivity index (χ1n) is 2.82. The maximum absolute atomic E-state index is 10.3. The molecule has 0 radical (unpaired) electrons. The van der Waals surface area contributed by atoms with E-state index < -0.39 is 10.6 Å². The highest BCUT2D eigenvalue weighted by atomic mass is 32.1. The standard InChI is InChI=1S/C4H5N5O2S/c5-2-1(9(10)11)3(6)8-4(12)7-2/h(H5,5,6,7,8,12). The van der Waals surface area contributed by atoms with Gasteiger partial charge in [0.2, 0.25) is 10.6 Å². The van der Waals surface area contributed by atoms with Crippen molar-refractivity contribution < 1.29 is 4.92 Å². The topological polar surface area (TPSA) is 124 Å². The molecule has 0 amide bonds. The van der Waals surface area contributed by atoms with Crippen molar-refractivity contribution in [2.24, 2.45) is 0 Å². The van der Waals surface area contributed by atoms with Gasteiger partial charge in [0.15, 0.2) is 5.82 Å². The average Bonchev–Trinajstić information content (AvgIpc) is 1.82. The largest absolute Gasteiger partial charge is 0.379 e. The number of nitro groups is 1. The molecule has 0 aliphatic rings. The summed E-state index contributed by atoms with van der Waals surface area (Å²) >= 11 is 4.58. The SMILES string of the molecule is Nc1nc(=S)[nH]c(N)c1[N+](=O)[O-]. The number of H-pyrrole nitrogens is 1. The highest BCUT2D eigenvalue weighted by Gasteiger charge is 2.17. The Labute approximate surface area is 71.6 Å². The number of hydrogen-bond donors (Lipinski definition) is 3. The van der Waals surface area contributed by atoms with E-state index in [0.717, 1.165) is 0 Å². The summed E-state index contributed by atoms with van der Waals surface area (Å²) in [6.07, 6.45) is 0. The van der Waals surface area contributed by atoms with Gasteiger partial charge in [-0.1, -0.05) is 0 Å². The number of nitrogens with one attached hydrogen (secondary N) is 1. The van der Waals surface area contributed by atoms with Crippen molar-refractivity contribution >= 4 is 29.5 Å². The normalized spacial score (nSPS) is 9.67. The summed E-state index contributed by atoms with van der Waals surface area (Å²) in [5.74, 6) is -0.459. The van der Waals surface area contributed by atoms with E-state index in [9.17, 15) is 10.1 Å². The van der Waals surface area contributed by atoms with E-state index in [2.05, 4.69) is 22.2 Å². The number of anilines is 2. The van der Waals surface area contributed by atoms with Crippen LogP contribution in [0.15, 0.2) is 0 Å². The van der Waals surface area contributed by atoms with Gasteiger partial charge in [0, 0.05) is 0 Å². The van der Waals surface area contributed by atoms with Crippen molar-refractivity contribution in [1.29, 1.82) is 0 Å². The van der Waals surface area contributed by atoms with Crippen LogP contribution >= 0.6 is 12.2 Å². The third kappa shape index (κ3) is 1.32. The van der Waals surface area contributed by atoms with Gasteiger partial charge in [-0.3, -0.25) is 10.1 Å². The lowest BCUT2D eigenvalue weighted by Gasteiger charge is -1.98. The summed E-state index contributed by atoms with van der Waals surface area (Å²) in [5, 5.41) is 10.3. The lowest BCUT2D eigenvalue weighted by atomic mass is 10.4. The molecule has 0 aliphatic carbocycles. The first-order chi connectivity index (χ1) is 5.52. The lowest BCUT2D eigenvalue weighted by molar-refractivity contribution is -0.383. The first-order valence-corrected chi connectivity index (χ1v) is 3.23. The minimum Gasteiger partial charge on any atom is -0.379 e. The van der Waals surface area contributed by atoms with Crippen LogP contribution in [-0.4, -0.2) is 14.9 Å². The number of nitrogen functional groups attached to an aromatic ring is 2. The maximum Gasteiger partial charge on any atom is 0.350 e. The fourth-order valence-corrected chi connectivity index (χ4v) is 0.903. The second-order valence-corrected chi connectivity index (χ2v) is 2.33. The van der Waals surface area contributed by atoms with Crippen molar-refractivity contribution in [3.05, 3.63) is 14.9 Å². The van der Waals surface area contributed by atoms with Gasteiger partial charge < -0.3 is 16.5 Å². The summed E-state index contributed by atoms with van der Waals surface area (Å²) in [7, 11) is 0. The molecule has 0 unspecified atom stereocenters. The molecule has 1 heterocycles. The molecule has 0 atom stereocenters. The minimum absolute atomic E-state index is 0.0237. The van der Waals surface area contributed by atoms with Crippen LogP contribution in [0.25, 0.3) is 0 Å². The molecule has 12 heavy (non-hydrogen) atoms. The molecule has 1 aromatic heterocycles. The Morgan fingerprint density at radius 3 is 2.58 bits per heavy atom. The van der Waals surface area contributed by atoms with Crippen LogP contribution in [0, 0.1) is 14.9 Å². The third-order valence-electron chi connectivity index (χ3n) is 1.14. The van der Waals surface area contributed by atoms with Crippen LogP contribution in [0.5, 0.6) is 0 Å². The molecule has 1 aromatic rings. The van der Waals surface area contributed by atoms with Gasteiger partial charge in [-0.2, -0.15) is 4.98 Å². The molecule has 0 fully saturated rings. The summed E-state index contributed by atoms with van der Waals surface area (Å²) in [6, 6.07) is 0. The van der Waals surface area contributed by atoms with Crippen LogP contribution in [-0.2, 0) is 0 Å². The molecule has 0 aliphatic heterocycles. The van der Waals surface area contributed by atoms with Gasteiger partial charge in [-0.25, -0.2) is 0 Å². The molecular formula is C4H5N5O2S. The van der Waals surface area contributed by atoms with E-state index >= 15 is 0 Å². The number of rotatable bonds is 1. The predicted molar refractivity (Wildman–Crippen MR) is 44.9 cm³/mol. The number of nitrogens with zero attached hydrogens (tertiary/aromatic N) is 2. The Morgan fingerprint density at radius 1 is 1.58 bits per heavy atom. The molecule has 0 spiro atoms. The molecule has 8 heteroatoms. The van der Waals surface area contributed by atoms with Crippen LogP contribution in [0.1, 0.15) is 0 Å². The van der Waals surface area contributed by atoms with Crippen LogP contribution < -0.4 is 11.5 Å². The smallest absolute Gasteiger partial charge is 0.350 e. The molecule has 1 rings (SSSR count).